The van der Waals surface area contributed by atoms with Crippen molar-refractivity contribution in [1.29, 1.82) is 0 Å². The molecule has 2 aliphatic rings. The summed E-state index contributed by atoms with van der Waals surface area (Å²) in [7, 11) is -4.38. The van der Waals surface area contributed by atoms with Gasteiger partial charge >= 0.3 is 19.4 Å². The Kier molecular flexibility index (Phi) is 8.70. The van der Waals surface area contributed by atoms with Gasteiger partial charge in [0.05, 0.1) is 12.7 Å². The number of rotatable bonds is 11. The van der Waals surface area contributed by atoms with Gasteiger partial charge in [-0.25, -0.2) is 13.8 Å². The molecule has 1 unspecified atom stereocenters. The fraction of sp³-hybridized carbons (Fsp3) is 0.542. The number of halogens is 2. The standard InChI is InChI=1S/C24H30ClFN3O9P/c1-13(2)36-21(32)14(3)28-39(34,38-17-6-4-5-16(11-17)15-7-8-15)35-12-18-20(31)24(25,26)22(37-18)29-10-9-19(30)27-23(29)33/h4-6,9-11,13-15,18,20,22,31H,7-8,12H2,1-3H3,(H,28,34)(H,27,30,33)/t14-,18+,20+,22+,24+,39?/m0/s1. The number of alkyl halides is 2. The molecule has 1 aliphatic heterocycles. The molecule has 0 amide bonds. The first-order valence-electron chi connectivity index (χ1n) is 12.3. The van der Waals surface area contributed by atoms with Crippen LogP contribution in [-0.2, 0) is 23.4 Å². The third kappa shape index (κ3) is 6.97. The molecule has 6 atom stereocenters. The van der Waals surface area contributed by atoms with Gasteiger partial charge in [0.15, 0.2) is 6.23 Å². The van der Waals surface area contributed by atoms with Crippen molar-refractivity contribution in [2.45, 2.75) is 75.2 Å². The van der Waals surface area contributed by atoms with Crippen molar-refractivity contribution in [2.24, 2.45) is 0 Å². The smallest absolute Gasteiger partial charge is 0.459 e. The lowest BCUT2D eigenvalue weighted by molar-refractivity contribution is -0.149. The van der Waals surface area contributed by atoms with Crippen LogP contribution in [0.3, 0.4) is 0 Å². The number of hydrogen-bond acceptors (Lipinski definition) is 9. The highest BCUT2D eigenvalue weighted by Crippen LogP contribution is 2.49. The Balaban J connectivity index is 1.54. The summed E-state index contributed by atoms with van der Waals surface area (Å²) >= 11 is 5.91. The molecule has 0 bridgehead atoms. The molecule has 4 rings (SSSR count). The van der Waals surface area contributed by atoms with Gasteiger partial charge in [0.25, 0.3) is 10.7 Å². The number of benzene rings is 1. The fourth-order valence-electron chi connectivity index (χ4n) is 3.98. The van der Waals surface area contributed by atoms with Crippen LogP contribution in [0.4, 0.5) is 4.39 Å². The van der Waals surface area contributed by atoms with E-state index in [1.165, 1.54) is 6.92 Å². The number of aliphatic hydroxyl groups excluding tert-OH is 1. The fourth-order valence-corrected chi connectivity index (χ4v) is 5.78. The first kappa shape index (κ1) is 29.4. The Labute approximate surface area is 228 Å². The van der Waals surface area contributed by atoms with Crippen molar-refractivity contribution >= 4 is 25.3 Å². The normalized spacial score (nSPS) is 27.2. The first-order valence-corrected chi connectivity index (χ1v) is 14.3. The molecule has 0 spiro atoms. The van der Waals surface area contributed by atoms with Gasteiger partial charge < -0.3 is 19.1 Å². The molecule has 1 aromatic carbocycles. The van der Waals surface area contributed by atoms with Crippen LogP contribution in [0, 0.1) is 0 Å². The number of aliphatic hydroxyl groups is 1. The summed E-state index contributed by atoms with van der Waals surface area (Å²) in [6, 6.07) is 6.72. The van der Waals surface area contributed by atoms with Crippen LogP contribution in [0.25, 0.3) is 0 Å². The largest absolute Gasteiger partial charge is 0.462 e. The number of aromatic nitrogens is 2. The van der Waals surface area contributed by atoms with E-state index in [9.17, 15) is 24.1 Å². The van der Waals surface area contributed by atoms with E-state index in [2.05, 4.69) is 5.09 Å². The number of carbonyl (C=O) groups is 1. The van der Waals surface area contributed by atoms with Crippen LogP contribution < -0.4 is 20.9 Å². The zero-order valence-corrected chi connectivity index (χ0v) is 23.1. The van der Waals surface area contributed by atoms with Gasteiger partial charge in [-0.05, 0) is 57.2 Å². The van der Waals surface area contributed by atoms with Crippen molar-refractivity contribution in [1.82, 2.24) is 14.6 Å². The van der Waals surface area contributed by atoms with E-state index in [0.717, 1.165) is 30.7 Å². The number of hydrogen-bond donors (Lipinski definition) is 3. The molecule has 3 N–H and O–H groups in total. The van der Waals surface area contributed by atoms with E-state index in [-0.39, 0.29) is 5.75 Å². The molecule has 1 aromatic heterocycles. The highest BCUT2D eigenvalue weighted by atomic mass is 35.5. The van der Waals surface area contributed by atoms with Gasteiger partial charge in [-0.15, -0.1) is 0 Å². The third-order valence-electron chi connectivity index (χ3n) is 6.08. The number of ether oxygens (including phenoxy) is 2. The summed E-state index contributed by atoms with van der Waals surface area (Å²) in [5.41, 5.74) is -0.763. The van der Waals surface area contributed by atoms with Crippen LogP contribution in [0.5, 0.6) is 5.75 Å². The minimum atomic E-state index is -4.38. The Hall–Kier alpha value is -2.54. The van der Waals surface area contributed by atoms with Crippen LogP contribution in [0.15, 0.2) is 46.1 Å². The third-order valence-corrected chi connectivity index (χ3v) is 8.14. The highest BCUT2D eigenvalue weighted by Gasteiger charge is 2.58. The zero-order valence-electron chi connectivity index (χ0n) is 21.4. The molecule has 2 aromatic rings. The van der Waals surface area contributed by atoms with E-state index >= 15 is 4.39 Å². The summed E-state index contributed by atoms with van der Waals surface area (Å²) in [6.45, 7) is 3.99. The second-order valence-electron chi connectivity index (χ2n) is 9.73. The summed E-state index contributed by atoms with van der Waals surface area (Å²) in [6.07, 6.45) is -2.85. The molecule has 1 aliphatic carbocycles. The Bertz CT molecular complexity index is 1360. The van der Waals surface area contributed by atoms with Gasteiger partial charge in [-0.1, -0.05) is 23.7 Å². The van der Waals surface area contributed by atoms with E-state index in [0.29, 0.717) is 10.5 Å². The van der Waals surface area contributed by atoms with Crippen LogP contribution >= 0.6 is 19.3 Å². The molecule has 12 nitrogen and oxygen atoms in total. The average Bonchev–Trinajstić information content (AvgIpc) is 3.66. The van der Waals surface area contributed by atoms with Crippen molar-refractivity contribution < 1.29 is 37.4 Å². The average molecular weight is 590 g/mol. The maximum absolute atomic E-state index is 15.3. The highest BCUT2D eigenvalue weighted by molar-refractivity contribution is 7.52. The second kappa shape index (κ2) is 11.5. The topological polar surface area (TPSA) is 158 Å². The first-order chi connectivity index (χ1) is 18.3. The number of aromatic amines is 1. The zero-order chi connectivity index (χ0) is 28.5. The summed E-state index contributed by atoms with van der Waals surface area (Å²) in [5.74, 6) is -0.150. The van der Waals surface area contributed by atoms with Crippen molar-refractivity contribution in [3.8, 4) is 5.75 Å². The molecule has 214 valence electrons. The number of carbonyl (C=O) groups excluding carboxylic acids is 1. The van der Waals surface area contributed by atoms with Gasteiger partial charge in [0.2, 0.25) is 0 Å². The Morgan fingerprint density at radius 3 is 2.69 bits per heavy atom. The monoisotopic (exact) mass is 589 g/mol. The predicted octanol–water partition coefficient (Wildman–Crippen LogP) is 2.71. The summed E-state index contributed by atoms with van der Waals surface area (Å²) in [5, 5.41) is 10.0. The minimum Gasteiger partial charge on any atom is -0.462 e. The molecule has 2 fully saturated rings. The molecular weight excluding hydrogens is 560 g/mol. The Morgan fingerprint density at radius 2 is 2.05 bits per heavy atom. The maximum atomic E-state index is 15.3. The van der Waals surface area contributed by atoms with Crippen molar-refractivity contribution in [3.05, 3.63) is 62.9 Å². The number of esters is 1. The second-order valence-corrected chi connectivity index (χ2v) is 12.0. The van der Waals surface area contributed by atoms with E-state index in [4.69, 9.17) is 30.1 Å². The van der Waals surface area contributed by atoms with Crippen LogP contribution in [0.2, 0.25) is 0 Å². The lowest BCUT2D eigenvalue weighted by atomic mass is 10.1. The Morgan fingerprint density at radius 1 is 1.33 bits per heavy atom. The summed E-state index contributed by atoms with van der Waals surface area (Å²) in [4.78, 5) is 37.9. The molecule has 0 radical (unpaired) electrons. The van der Waals surface area contributed by atoms with Crippen molar-refractivity contribution in [2.75, 3.05) is 6.61 Å². The molecule has 15 heteroatoms. The van der Waals surface area contributed by atoms with Crippen LogP contribution in [0.1, 0.15) is 51.3 Å². The van der Waals surface area contributed by atoms with E-state index in [1.807, 2.05) is 11.1 Å². The van der Waals surface area contributed by atoms with Gasteiger partial charge in [-0.2, -0.15) is 5.09 Å². The molecule has 2 heterocycles. The van der Waals surface area contributed by atoms with Gasteiger partial charge in [0, 0.05) is 12.3 Å². The maximum Gasteiger partial charge on any atom is 0.459 e. The predicted molar refractivity (Wildman–Crippen MR) is 137 cm³/mol. The van der Waals surface area contributed by atoms with Gasteiger partial charge in [-0.3, -0.25) is 23.7 Å². The number of nitrogens with one attached hydrogen (secondary N) is 2. The minimum absolute atomic E-state index is 0.197. The summed E-state index contributed by atoms with van der Waals surface area (Å²) < 4.78 is 51.6. The van der Waals surface area contributed by atoms with E-state index in [1.54, 1.807) is 32.0 Å². The SMILES string of the molecule is CC(C)OC(=O)[C@H](C)NP(=O)(OC[C@H]1O[C@@H](n2ccc(=O)[nH]c2=O)[C@@](F)(Cl)[C@@H]1O)Oc1cccc(C2CC2)c1. The molecule has 39 heavy (non-hydrogen) atoms. The lowest BCUT2D eigenvalue weighted by Gasteiger charge is -2.25. The number of nitrogens with zero attached hydrogens (tertiary/aromatic N) is 1. The molecule has 1 saturated carbocycles. The van der Waals surface area contributed by atoms with Crippen molar-refractivity contribution in [3.63, 3.8) is 0 Å². The van der Waals surface area contributed by atoms with Gasteiger partial charge in [0.1, 0.15) is 24.0 Å². The van der Waals surface area contributed by atoms with Crippen LogP contribution in [-0.4, -0.2) is 56.7 Å². The lowest BCUT2D eigenvalue weighted by Crippen LogP contribution is -2.42. The quantitative estimate of drug-likeness (QED) is 0.202. The number of H-pyrrole nitrogens is 1. The molecular formula is C24H30ClFN3O9P. The van der Waals surface area contributed by atoms with E-state index < -0.39 is 67.3 Å². The molecule has 1 saturated heterocycles.